The summed E-state index contributed by atoms with van der Waals surface area (Å²) in [6, 6.07) is 1.18. The first-order valence-corrected chi connectivity index (χ1v) is 4.58. The van der Waals surface area contributed by atoms with Crippen molar-refractivity contribution in [3.8, 4) is 5.75 Å². The maximum absolute atomic E-state index is 12.8. The highest BCUT2D eigenvalue weighted by molar-refractivity contribution is 5.98. The third-order valence-corrected chi connectivity index (χ3v) is 1.99. The second kappa shape index (κ2) is 5.26. The van der Waals surface area contributed by atoms with Crippen LogP contribution in [0, 0.1) is 5.82 Å². The van der Waals surface area contributed by atoms with Gasteiger partial charge in [-0.05, 0) is 18.2 Å². The van der Waals surface area contributed by atoms with Crippen molar-refractivity contribution in [1.82, 2.24) is 5.32 Å². The summed E-state index contributed by atoms with van der Waals surface area (Å²) in [6.45, 7) is -0.808. The minimum Gasteiger partial charge on any atom is -0.507 e. The van der Waals surface area contributed by atoms with Crippen LogP contribution in [0.4, 0.5) is 4.39 Å². The zero-order valence-electron chi connectivity index (χ0n) is 8.55. The van der Waals surface area contributed by atoms with Crippen molar-refractivity contribution < 1.29 is 29.3 Å². The molecule has 4 N–H and O–H groups in total. The molecule has 0 bridgehead atoms. The molecule has 0 aliphatic rings. The lowest BCUT2D eigenvalue weighted by atomic mass is 10.1. The molecule has 0 aliphatic heterocycles. The Morgan fingerprint density at radius 2 is 2.06 bits per heavy atom. The van der Waals surface area contributed by atoms with E-state index in [0.29, 0.717) is 0 Å². The molecule has 0 saturated heterocycles. The van der Waals surface area contributed by atoms with E-state index in [-0.39, 0.29) is 0 Å². The number of aliphatic hydroxyl groups excluding tert-OH is 1. The molecule has 1 aromatic carbocycles. The predicted molar refractivity (Wildman–Crippen MR) is 54.0 cm³/mol. The van der Waals surface area contributed by atoms with Gasteiger partial charge in [-0.1, -0.05) is 0 Å². The molecule has 17 heavy (non-hydrogen) atoms. The van der Waals surface area contributed by atoms with E-state index < -0.39 is 41.7 Å². The molecule has 1 amide bonds. The van der Waals surface area contributed by atoms with E-state index in [9.17, 15) is 19.1 Å². The Kier molecular flexibility index (Phi) is 4.00. The predicted octanol–water partition coefficient (Wildman–Crippen LogP) is -0.293. The standard InChI is InChI=1S/C10H10FNO5/c11-5-1-2-8(14)6(3-5)9(15)12-7(4-13)10(16)17/h1-3,7,13-14H,4H2,(H,12,15)(H,16,17)/t7-/m0/s1. The van der Waals surface area contributed by atoms with Gasteiger partial charge in [0, 0.05) is 0 Å². The van der Waals surface area contributed by atoms with Crippen LogP contribution in [0.15, 0.2) is 18.2 Å². The number of rotatable bonds is 4. The van der Waals surface area contributed by atoms with Crippen molar-refractivity contribution in [3.05, 3.63) is 29.6 Å². The average molecular weight is 243 g/mol. The van der Waals surface area contributed by atoms with Crippen LogP contribution in [0.2, 0.25) is 0 Å². The number of hydrogen-bond acceptors (Lipinski definition) is 4. The molecule has 6 nitrogen and oxygen atoms in total. The van der Waals surface area contributed by atoms with Crippen molar-refractivity contribution in [1.29, 1.82) is 0 Å². The quantitative estimate of drug-likeness (QED) is 0.581. The number of phenols is 1. The van der Waals surface area contributed by atoms with E-state index >= 15 is 0 Å². The Bertz CT molecular complexity index is 448. The maximum atomic E-state index is 12.8. The second-order valence-electron chi connectivity index (χ2n) is 3.21. The molecule has 7 heteroatoms. The van der Waals surface area contributed by atoms with Crippen molar-refractivity contribution in [2.75, 3.05) is 6.61 Å². The van der Waals surface area contributed by atoms with Crippen LogP contribution in [0.25, 0.3) is 0 Å². The lowest BCUT2D eigenvalue weighted by Crippen LogP contribution is -2.43. The Morgan fingerprint density at radius 1 is 1.41 bits per heavy atom. The molecule has 0 unspecified atom stereocenters. The second-order valence-corrected chi connectivity index (χ2v) is 3.21. The van der Waals surface area contributed by atoms with Gasteiger partial charge >= 0.3 is 5.97 Å². The number of benzene rings is 1. The zero-order valence-corrected chi connectivity index (χ0v) is 8.55. The van der Waals surface area contributed by atoms with Gasteiger partial charge in [0.15, 0.2) is 6.04 Å². The molecule has 0 fully saturated rings. The third kappa shape index (κ3) is 3.15. The van der Waals surface area contributed by atoms with Gasteiger partial charge in [0.25, 0.3) is 5.91 Å². The van der Waals surface area contributed by atoms with Crippen molar-refractivity contribution in [2.45, 2.75) is 6.04 Å². The van der Waals surface area contributed by atoms with E-state index in [2.05, 4.69) is 0 Å². The van der Waals surface area contributed by atoms with Gasteiger partial charge < -0.3 is 20.6 Å². The Labute approximate surface area is 95.3 Å². The molecule has 1 aromatic rings. The molecular weight excluding hydrogens is 233 g/mol. The van der Waals surface area contributed by atoms with Crippen molar-refractivity contribution in [2.24, 2.45) is 0 Å². The molecule has 0 spiro atoms. The summed E-state index contributed by atoms with van der Waals surface area (Å²) in [6.07, 6.45) is 0. The monoisotopic (exact) mass is 243 g/mol. The summed E-state index contributed by atoms with van der Waals surface area (Å²) < 4.78 is 12.8. The Morgan fingerprint density at radius 3 is 2.59 bits per heavy atom. The van der Waals surface area contributed by atoms with Gasteiger partial charge in [0.2, 0.25) is 0 Å². The molecule has 0 radical (unpaired) electrons. The third-order valence-electron chi connectivity index (χ3n) is 1.99. The number of nitrogens with one attached hydrogen (secondary N) is 1. The summed E-state index contributed by atoms with van der Waals surface area (Å²) in [4.78, 5) is 22.0. The lowest BCUT2D eigenvalue weighted by Gasteiger charge is -2.12. The molecule has 0 heterocycles. The first-order chi connectivity index (χ1) is 7.95. The number of aliphatic hydroxyl groups is 1. The molecule has 0 aliphatic carbocycles. The zero-order chi connectivity index (χ0) is 13.0. The summed E-state index contributed by atoms with van der Waals surface area (Å²) in [5.74, 6) is -3.64. The van der Waals surface area contributed by atoms with Crippen LogP contribution in [0.1, 0.15) is 10.4 Å². The topological polar surface area (TPSA) is 107 Å². The van der Waals surface area contributed by atoms with Crippen LogP contribution >= 0.6 is 0 Å². The van der Waals surface area contributed by atoms with Gasteiger partial charge in [-0.2, -0.15) is 0 Å². The minimum atomic E-state index is -1.51. The number of carboxylic acid groups (broad SMARTS) is 1. The number of carboxylic acids is 1. The Balaban J connectivity index is 2.89. The van der Waals surface area contributed by atoms with E-state index in [1.54, 1.807) is 0 Å². The number of carbonyl (C=O) groups excluding carboxylic acids is 1. The normalized spacial score (nSPS) is 11.9. The number of carbonyl (C=O) groups is 2. The summed E-state index contributed by atoms with van der Waals surface area (Å²) in [5, 5.41) is 28.5. The fourth-order valence-corrected chi connectivity index (χ4v) is 1.11. The molecular formula is C10H10FNO5. The van der Waals surface area contributed by atoms with Gasteiger partial charge in [-0.3, -0.25) is 4.79 Å². The van der Waals surface area contributed by atoms with Crippen LogP contribution in [0.5, 0.6) is 5.75 Å². The van der Waals surface area contributed by atoms with Gasteiger partial charge in [-0.15, -0.1) is 0 Å². The van der Waals surface area contributed by atoms with Gasteiger partial charge in [0.1, 0.15) is 11.6 Å². The maximum Gasteiger partial charge on any atom is 0.328 e. The average Bonchev–Trinajstić information content (AvgIpc) is 2.28. The van der Waals surface area contributed by atoms with E-state index in [4.69, 9.17) is 10.2 Å². The SMILES string of the molecule is O=C(N[C@@H](CO)C(=O)O)c1cc(F)ccc1O. The van der Waals surface area contributed by atoms with Crippen LogP contribution in [-0.2, 0) is 4.79 Å². The van der Waals surface area contributed by atoms with Crippen molar-refractivity contribution >= 4 is 11.9 Å². The van der Waals surface area contributed by atoms with Crippen molar-refractivity contribution in [3.63, 3.8) is 0 Å². The number of amides is 1. The fraction of sp³-hybridized carbons (Fsp3) is 0.200. The van der Waals surface area contributed by atoms with E-state index in [0.717, 1.165) is 18.2 Å². The first kappa shape index (κ1) is 12.9. The number of phenolic OH excluding ortho intramolecular Hbond substituents is 1. The number of aliphatic carboxylic acids is 1. The van der Waals surface area contributed by atoms with Crippen LogP contribution in [-0.4, -0.2) is 39.8 Å². The largest absolute Gasteiger partial charge is 0.507 e. The molecule has 1 atom stereocenters. The fourth-order valence-electron chi connectivity index (χ4n) is 1.11. The summed E-state index contributed by atoms with van der Waals surface area (Å²) in [5.41, 5.74) is -0.398. The summed E-state index contributed by atoms with van der Waals surface area (Å²) >= 11 is 0. The smallest absolute Gasteiger partial charge is 0.328 e. The lowest BCUT2D eigenvalue weighted by molar-refractivity contribution is -0.140. The molecule has 92 valence electrons. The van der Waals surface area contributed by atoms with E-state index in [1.165, 1.54) is 0 Å². The van der Waals surface area contributed by atoms with Gasteiger partial charge in [0.05, 0.1) is 12.2 Å². The number of hydrogen-bond donors (Lipinski definition) is 4. The number of aromatic hydroxyl groups is 1. The molecule has 0 saturated carbocycles. The highest BCUT2D eigenvalue weighted by Crippen LogP contribution is 2.17. The minimum absolute atomic E-state index is 0.398. The van der Waals surface area contributed by atoms with Crippen LogP contribution < -0.4 is 5.32 Å². The Hall–Kier alpha value is -2.15. The molecule has 1 rings (SSSR count). The van der Waals surface area contributed by atoms with Gasteiger partial charge in [-0.25, -0.2) is 9.18 Å². The van der Waals surface area contributed by atoms with Crippen LogP contribution in [0.3, 0.4) is 0 Å². The highest BCUT2D eigenvalue weighted by atomic mass is 19.1. The highest BCUT2D eigenvalue weighted by Gasteiger charge is 2.21. The summed E-state index contributed by atoms with van der Waals surface area (Å²) in [7, 11) is 0. The van der Waals surface area contributed by atoms with E-state index in [1.807, 2.05) is 5.32 Å². The molecule has 0 aromatic heterocycles. The first-order valence-electron chi connectivity index (χ1n) is 4.58. The number of halogens is 1.